The summed E-state index contributed by atoms with van der Waals surface area (Å²) in [6.45, 7) is 0.431. The molecular weight excluding hydrogens is 984 g/mol. The van der Waals surface area contributed by atoms with Gasteiger partial charge in [-0.2, -0.15) is 0 Å². The fourth-order valence-electron chi connectivity index (χ4n) is 8.17. The van der Waals surface area contributed by atoms with Gasteiger partial charge in [0, 0.05) is 25.9 Å². The lowest BCUT2D eigenvalue weighted by molar-refractivity contribution is -0.327. The van der Waals surface area contributed by atoms with Crippen LogP contribution in [0.5, 0.6) is 0 Å². The summed E-state index contributed by atoms with van der Waals surface area (Å²) in [6, 6.07) is 0. The van der Waals surface area contributed by atoms with Crippen molar-refractivity contribution < 1.29 is 87.9 Å². The van der Waals surface area contributed by atoms with Gasteiger partial charge >= 0.3 is 11.9 Å². The molecule has 0 aromatic rings. The van der Waals surface area contributed by atoms with Gasteiger partial charge in [-0.3, -0.25) is 14.2 Å². The zero-order valence-electron chi connectivity index (χ0n) is 45.4. The number of rotatable bonds is 49. The van der Waals surface area contributed by atoms with E-state index >= 15 is 0 Å². The predicted molar refractivity (Wildman–Crippen MR) is 282 cm³/mol. The van der Waals surface area contributed by atoms with Crippen LogP contribution in [0.15, 0.2) is 24.3 Å². The average molecular weight is 1090 g/mol. The highest BCUT2D eigenvalue weighted by molar-refractivity contribution is 7.45. The minimum absolute atomic E-state index is 0. The summed E-state index contributed by atoms with van der Waals surface area (Å²) in [4.78, 5) is 38.2. The number of hydrogen-bond donors (Lipinski definition) is 10. The van der Waals surface area contributed by atoms with Crippen molar-refractivity contribution in [1.29, 1.82) is 0 Å². The maximum absolute atomic E-state index is 12.9. The molecule has 0 saturated carbocycles. The lowest BCUT2D eigenvalue weighted by Gasteiger charge is -2.42. The number of aliphatic hydroxyl groups is 8. The highest BCUT2D eigenvalue weighted by atomic mass is 31.2. The topological polar surface area (TPSA) is 340 Å². The van der Waals surface area contributed by atoms with Crippen molar-refractivity contribution >= 4 is 19.8 Å². The van der Waals surface area contributed by atoms with E-state index < -0.39 is 121 Å². The number of unbranched alkanes of at least 4 members (excludes halogenated alkanes) is 22. The molecule has 1 aliphatic rings. The van der Waals surface area contributed by atoms with Crippen LogP contribution < -0.4 is 16.4 Å². The second-order valence-electron chi connectivity index (χ2n) is 19.3. The first-order chi connectivity index (χ1) is 35.2. The van der Waals surface area contributed by atoms with Crippen LogP contribution in [-0.2, 0) is 42.1 Å². The standard InChI is InChI=1S/C53H100NO18P.H3N/c1-3-5-7-9-11-13-15-17-19-21-23-25-27-29-31-33-46(59)67-40-42(70-47(60)34-32-30-28-26-24-22-20-18-16-14-12-10-8-6-4-2)41-69-73(65,66)68-36-35-54-37-43(57)48(61)52(44(58)38-55)72-53-51(64)50(63)49(62)45(39-56)71-53;/h17-20,42-45,48-58,61-64H,3-16,21-41H2,1-2H3,(H,65,66);1H3/b19-17-,20-18-;/t42-,43?,44-,45-,48?,49+,50+,51-,52-,53+;/m1./s1. The number of phosphoric acid groups is 1. The number of hydrogen-bond acceptors (Lipinski definition) is 19. The molecule has 0 aromatic heterocycles. The van der Waals surface area contributed by atoms with Gasteiger partial charge in [-0.1, -0.05) is 141 Å². The monoisotopic (exact) mass is 1090 g/mol. The summed E-state index contributed by atoms with van der Waals surface area (Å²) in [5.41, 5.74) is 0. The molecule has 0 aliphatic carbocycles. The molecule has 0 radical (unpaired) electrons. The SMILES string of the molecule is CCCCCCCC/C=C\CCCCCCCC(=O)OC[C@H](COP(=O)([O-])OCCNCC(O)C(O)[C@H](O[C@@H]1O[C@H](CO)[C@H](O)[C@H](O)[C@H]1O)[C@H](O)CO)OC(=O)CCCCCCC/C=C\CCCCCCCC.[NH4+]. The molecule has 1 fully saturated rings. The number of phosphoric ester groups is 1. The van der Waals surface area contributed by atoms with E-state index in [-0.39, 0.29) is 25.5 Å². The summed E-state index contributed by atoms with van der Waals surface area (Å²) >= 11 is 0. The van der Waals surface area contributed by atoms with Gasteiger partial charge in [-0.15, -0.1) is 0 Å². The lowest BCUT2D eigenvalue weighted by atomic mass is 9.98. The van der Waals surface area contributed by atoms with Crippen molar-refractivity contribution in [1.82, 2.24) is 11.5 Å². The molecular formula is C53H103N2O18P. The minimum atomic E-state index is -5.01. The molecule has 1 aliphatic heterocycles. The first kappa shape index (κ1) is 72.0. The molecule has 3 unspecified atom stereocenters. The number of allylic oxidation sites excluding steroid dienone is 4. The quantitative estimate of drug-likeness (QED) is 0.0139. The van der Waals surface area contributed by atoms with E-state index in [0.717, 1.165) is 77.0 Å². The van der Waals surface area contributed by atoms with Gasteiger partial charge < -0.3 is 85.2 Å². The molecule has 0 bridgehead atoms. The molecule has 1 saturated heterocycles. The first-order valence-electron chi connectivity index (χ1n) is 27.8. The molecule has 13 N–H and O–H groups in total. The largest absolute Gasteiger partial charge is 0.756 e. The van der Waals surface area contributed by atoms with Crippen molar-refractivity contribution in [2.75, 3.05) is 46.1 Å². The van der Waals surface area contributed by atoms with Gasteiger partial charge in [0.25, 0.3) is 7.82 Å². The number of aliphatic hydroxyl groups excluding tert-OH is 8. The molecule has 0 amide bonds. The van der Waals surface area contributed by atoms with E-state index in [4.69, 9.17) is 28.0 Å². The normalized spacial score (nSPS) is 21.0. The molecule has 11 atom stereocenters. The zero-order valence-corrected chi connectivity index (χ0v) is 46.3. The average Bonchev–Trinajstić information content (AvgIpc) is 3.37. The van der Waals surface area contributed by atoms with Crippen LogP contribution in [0.25, 0.3) is 0 Å². The molecule has 1 heterocycles. The van der Waals surface area contributed by atoms with Gasteiger partial charge in [0.05, 0.1) is 32.5 Å². The Labute approximate surface area is 443 Å². The van der Waals surface area contributed by atoms with Crippen LogP contribution in [0.3, 0.4) is 0 Å². The summed E-state index contributed by atoms with van der Waals surface area (Å²) in [5, 5.41) is 83.7. The van der Waals surface area contributed by atoms with Gasteiger partial charge in [0.2, 0.25) is 0 Å². The van der Waals surface area contributed by atoms with Crippen LogP contribution in [0.2, 0.25) is 0 Å². The van der Waals surface area contributed by atoms with Crippen molar-refractivity contribution in [3.05, 3.63) is 24.3 Å². The van der Waals surface area contributed by atoms with Gasteiger partial charge in [-0.05, 0) is 64.2 Å². The van der Waals surface area contributed by atoms with Crippen molar-refractivity contribution in [3.8, 4) is 0 Å². The van der Waals surface area contributed by atoms with Crippen molar-refractivity contribution in [2.45, 2.75) is 255 Å². The molecule has 1 rings (SSSR count). The number of ether oxygens (including phenoxy) is 4. The van der Waals surface area contributed by atoms with Crippen LogP contribution in [0.1, 0.15) is 194 Å². The summed E-state index contributed by atoms with van der Waals surface area (Å²) in [6.07, 6.45) is 21.0. The number of carbonyl (C=O) groups is 2. The van der Waals surface area contributed by atoms with Gasteiger partial charge in [0.15, 0.2) is 12.4 Å². The number of quaternary nitrogens is 1. The fraction of sp³-hybridized carbons (Fsp3) is 0.887. The smallest absolute Gasteiger partial charge is 0.306 e. The van der Waals surface area contributed by atoms with Crippen molar-refractivity contribution in [3.63, 3.8) is 0 Å². The van der Waals surface area contributed by atoms with Crippen LogP contribution in [-0.4, -0.2) is 160 Å². The molecule has 20 nitrogen and oxygen atoms in total. The lowest BCUT2D eigenvalue weighted by Crippen LogP contribution is -2.61. The van der Waals surface area contributed by atoms with E-state index in [1.807, 2.05) is 0 Å². The summed E-state index contributed by atoms with van der Waals surface area (Å²) in [7, 11) is -5.01. The highest BCUT2D eigenvalue weighted by Crippen LogP contribution is 2.38. The number of esters is 2. The summed E-state index contributed by atoms with van der Waals surface area (Å²) in [5.74, 6) is -1.09. The Morgan fingerprint density at radius 1 is 0.635 bits per heavy atom. The van der Waals surface area contributed by atoms with E-state index in [0.29, 0.717) is 12.8 Å². The summed E-state index contributed by atoms with van der Waals surface area (Å²) < 4.78 is 44.2. The Morgan fingerprint density at radius 3 is 1.59 bits per heavy atom. The zero-order chi connectivity index (χ0) is 54.0. The van der Waals surface area contributed by atoms with Gasteiger partial charge in [0.1, 0.15) is 49.3 Å². The Kier molecular flexibility index (Phi) is 45.8. The minimum Gasteiger partial charge on any atom is -0.756 e. The third kappa shape index (κ3) is 36.2. The molecule has 21 heteroatoms. The molecule has 438 valence electrons. The Balaban J connectivity index is 0.0000533. The van der Waals surface area contributed by atoms with Gasteiger partial charge in [-0.25, -0.2) is 0 Å². The second kappa shape index (κ2) is 47.1. The maximum atomic E-state index is 12.9. The molecule has 74 heavy (non-hydrogen) atoms. The van der Waals surface area contributed by atoms with Crippen molar-refractivity contribution in [2.24, 2.45) is 0 Å². The molecule has 0 aromatic carbocycles. The Bertz CT molecular complexity index is 1450. The van der Waals surface area contributed by atoms with Crippen LogP contribution >= 0.6 is 7.82 Å². The predicted octanol–water partition coefficient (Wildman–Crippen LogP) is 6.24. The third-order valence-corrected chi connectivity index (χ3v) is 13.7. The Hall–Kier alpha value is -1.95. The van der Waals surface area contributed by atoms with E-state index in [9.17, 15) is 59.9 Å². The van der Waals surface area contributed by atoms with E-state index in [1.54, 1.807) is 0 Å². The van der Waals surface area contributed by atoms with Crippen LogP contribution in [0.4, 0.5) is 0 Å². The first-order valence-corrected chi connectivity index (χ1v) is 29.2. The van der Waals surface area contributed by atoms with E-state index in [1.165, 1.54) is 77.0 Å². The second-order valence-corrected chi connectivity index (χ2v) is 20.8. The molecule has 0 spiro atoms. The fourth-order valence-corrected chi connectivity index (χ4v) is 8.91. The third-order valence-electron chi connectivity index (χ3n) is 12.8. The van der Waals surface area contributed by atoms with E-state index in [2.05, 4.69) is 43.5 Å². The number of nitrogens with one attached hydrogen (secondary N) is 1. The van der Waals surface area contributed by atoms with Crippen LogP contribution in [0, 0.1) is 0 Å². The highest BCUT2D eigenvalue weighted by Gasteiger charge is 2.46. The maximum Gasteiger partial charge on any atom is 0.306 e. The Morgan fingerprint density at radius 2 is 1.11 bits per heavy atom. The number of carbonyl (C=O) groups excluding carboxylic acids is 2.